The Labute approximate surface area is 134 Å². The van der Waals surface area contributed by atoms with Gasteiger partial charge in [-0.1, -0.05) is 17.7 Å². The van der Waals surface area contributed by atoms with Crippen LogP contribution in [0, 0.1) is 0 Å². The van der Waals surface area contributed by atoms with Gasteiger partial charge >= 0.3 is 0 Å². The van der Waals surface area contributed by atoms with Crippen LogP contribution in [0.5, 0.6) is 0 Å². The summed E-state index contributed by atoms with van der Waals surface area (Å²) in [6.07, 6.45) is 7.29. The standard InChI is InChI=1S/C15H18ClN5O/c16-13-9-19-20(11-13)6-3-15(22)21-7-5-18-10-14(21)12-2-1-4-17-8-12/h1-2,4,8-9,11,14,18H,3,5-7,10H2. The second kappa shape index (κ2) is 6.89. The fourth-order valence-electron chi connectivity index (χ4n) is 2.69. The SMILES string of the molecule is O=C(CCn1cc(Cl)cn1)N1CCNCC1c1cccnc1. The summed E-state index contributed by atoms with van der Waals surface area (Å²) < 4.78 is 1.70. The number of piperazine rings is 1. The first kappa shape index (κ1) is 15.0. The molecule has 7 heteroatoms. The monoisotopic (exact) mass is 319 g/mol. The van der Waals surface area contributed by atoms with Gasteiger partial charge in [0.05, 0.1) is 17.3 Å². The highest BCUT2D eigenvalue weighted by molar-refractivity contribution is 6.30. The lowest BCUT2D eigenvalue weighted by atomic mass is 10.0. The second-order valence-electron chi connectivity index (χ2n) is 5.27. The first-order chi connectivity index (χ1) is 10.7. The van der Waals surface area contributed by atoms with Gasteiger partial charge < -0.3 is 10.2 Å². The van der Waals surface area contributed by atoms with Crippen molar-refractivity contribution in [2.24, 2.45) is 0 Å². The molecule has 2 aromatic rings. The topological polar surface area (TPSA) is 63.1 Å². The Kier molecular flexibility index (Phi) is 4.70. The number of halogens is 1. The summed E-state index contributed by atoms with van der Waals surface area (Å²) in [5.41, 5.74) is 1.06. The van der Waals surface area contributed by atoms with E-state index in [2.05, 4.69) is 15.4 Å². The van der Waals surface area contributed by atoms with E-state index in [1.54, 1.807) is 23.3 Å². The van der Waals surface area contributed by atoms with Gasteiger partial charge in [0.15, 0.2) is 0 Å². The van der Waals surface area contributed by atoms with Gasteiger partial charge in [-0.2, -0.15) is 5.10 Å². The first-order valence-corrected chi connectivity index (χ1v) is 7.70. The van der Waals surface area contributed by atoms with Crippen molar-refractivity contribution in [3.63, 3.8) is 0 Å². The maximum Gasteiger partial charge on any atom is 0.225 e. The molecule has 0 saturated carbocycles. The predicted octanol–water partition coefficient (Wildman–Crippen LogP) is 1.49. The molecule has 22 heavy (non-hydrogen) atoms. The minimum atomic E-state index is 0.0381. The number of rotatable bonds is 4. The van der Waals surface area contributed by atoms with E-state index in [-0.39, 0.29) is 11.9 Å². The Hall–Kier alpha value is -1.92. The lowest BCUT2D eigenvalue weighted by Gasteiger charge is -2.36. The molecule has 1 aliphatic heterocycles. The summed E-state index contributed by atoms with van der Waals surface area (Å²) >= 11 is 5.83. The fourth-order valence-corrected chi connectivity index (χ4v) is 2.84. The zero-order valence-corrected chi connectivity index (χ0v) is 12.9. The number of pyridine rings is 1. The highest BCUT2D eigenvalue weighted by Gasteiger charge is 2.27. The molecule has 1 aliphatic rings. The molecule has 1 atom stereocenters. The molecule has 116 valence electrons. The quantitative estimate of drug-likeness (QED) is 0.927. The molecule has 0 spiro atoms. The molecule has 2 aromatic heterocycles. The Bertz CT molecular complexity index is 630. The molecule has 3 heterocycles. The Balaban J connectivity index is 1.66. The van der Waals surface area contributed by atoms with Crippen molar-refractivity contribution in [2.45, 2.75) is 19.0 Å². The molecule has 1 fully saturated rings. The van der Waals surface area contributed by atoms with Crippen LogP contribution in [0.15, 0.2) is 36.9 Å². The average Bonchev–Trinajstić information content (AvgIpc) is 2.99. The zero-order chi connectivity index (χ0) is 15.4. The van der Waals surface area contributed by atoms with Crippen LogP contribution in [0.3, 0.4) is 0 Å². The number of aromatic nitrogens is 3. The maximum absolute atomic E-state index is 12.6. The fraction of sp³-hybridized carbons (Fsp3) is 0.400. The van der Waals surface area contributed by atoms with E-state index < -0.39 is 0 Å². The number of carbonyl (C=O) groups excluding carboxylic acids is 1. The van der Waals surface area contributed by atoms with E-state index >= 15 is 0 Å². The molecule has 0 bridgehead atoms. The third-order valence-corrected chi connectivity index (χ3v) is 3.98. The molecule has 1 amide bonds. The Morgan fingerprint density at radius 3 is 3.09 bits per heavy atom. The molecule has 0 aromatic carbocycles. The van der Waals surface area contributed by atoms with Gasteiger partial charge in [0, 0.05) is 51.2 Å². The van der Waals surface area contributed by atoms with Crippen molar-refractivity contribution in [1.82, 2.24) is 25.0 Å². The van der Waals surface area contributed by atoms with Gasteiger partial charge in [-0.05, 0) is 11.6 Å². The van der Waals surface area contributed by atoms with Gasteiger partial charge in [0.25, 0.3) is 0 Å². The first-order valence-electron chi connectivity index (χ1n) is 7.32. The van der Waals surface area contributed by atoms with Crippen LogP contribution in [0.2, 0.25) is 5.02 Å². The average molecular weight is 320 g/mol. The minimum Gasteiger partial charge on any atom is -0.333 e. The van der Waals surface area contributed by atoms with Gasteiger partial charge in [-0.15, -0.1) is 0 Å². The van der Waals surface area contributed by atoms with Gasteiger partial charge in [-0.25, -0.2) is 0 Å². The molecule has 1 N–H and O–H groups in total. The summed E-state index contributed by atoms with van der Waals surface area (Å²) in [6.45, 7) is 2.81. The van der Waals surface area contributed by atoms with Crippen LogP contribution in [-0.2, 0) is 11.3 Å². The molecule has 0 aliphatic carbocycles. The maximum atomic E-state index is 12.6. The lowest BCUT2D eigenvalue weighted by Crippen LogP contribution is -2.48. The zero-order valence-electron chi connectivity index (χ0n) is 12.2. The third-order valence-electron chi connectivity index (χ3n) is 3.79. The molecule has 1 unspecified atom stereocenters. The van der Waals surface area contributed by atoms with Crippen LogP contribution in [-0.4, -0.2) is 45.2 Å². The molecule has 6 nitrogen and oxygen atoms in total. The van der Waals surface area contributed by atoms with Crippen LogP contribution in [0.4, 0.5) is 0 Å². The van der Waals surface area contributed by atoms with Gasteiger partial charge in [0.2, 0.25) is 5.91 Å². The van der Waals surface area contributed by atoms with E-state index in [0.717, 1.165) is 18.7 Å². The van der Waals surface area contributed by atoms with Crippen molar-refractivity contribution in [3.05, 3.63) is 47.5 Å². The Morgan fingerprint density at radius 2 is 2.36 bits per heavy atom. The number of nitrogens with zero attached hydrogens (tertiary/aromatic N) is 4. The number of aryl methyl sites for hydroxylation is 1. The van der Waals surface area contributed by atoms with Gasteiger partial charge in [-0.3, -0.25) is 14.5 Å². The van der Waals surface area contributed by atoms with Crippen LogP contribution < -0.4 is 5.32 Å². The van der Waals surface area contributed by atoms with E-state index in [1.807, 2.05) is 23.2 Å². The summed E-state index contributed by atoms with van der Waals surface area (Å²) in [5.74, 6) is 0.127. The van der Waals surface area contributed by atoms with E-state index in [1.165, 1.54) is 0 Å². The molecule has 0 radical (unpaired) electrons. The molecular weight excluding hydrogens is 302 g/mol. The number of hydrogen-bond donors (Lipinski definition) is 1. The third kappa shape index (κ3) is 3.45. The normalized spacial score (nSPS) is 18.4. The van der Waals surface area contributed by atoms with Crippen LogP contribution >= 0.6 is 11.6 Å². The smallest absolute Gasteiger partial charge is 0.225 e. The summed E-state index contributed by atoms with van der Waals surface area (Å²) in [4.78, 5) is 18.7. The summed E-state index contributed by atoms with van der Waals surface area (Å²) in [6, 6.07) is 3.95. The molecule has 3 rings (SSSR count). The highest BCUT2D eigenvalue weighted by Crippen LogP contribution is 2.22. The minimum absolute atomic E-state index is 0.0381. The predicted molar refractivity (Wildman–Crippen MR) is 83.4 cm³/mol. The van der Waals surface area contributed by atoms with E-state index in [0.29, 0.717) is 24.5 Å². The molecular formula is C15H18ClN5O. The molecule has 1 saturated heterocycles. The van der Waals surface area contributed by atoms with Gasteiger partial charge in [0.1, 0.15) is 0 Å². The summed E-state index contributed by atoms with van der Waals surface area (Å²) in [5, 5.41) is 8.03. The number of carbonyl (C=O) groups is 1. The van der Waals surface area contributed by atoms with Crippen LogP contribution in [0.25, 0.3) is 0 Å². The van der Waals surface area contributed by atoms with Crippen molar-refractivity contribution in [3.8, 4) is 0 Å². The highest BCUT2D eigenvalue weighted by atomic mass is 35.5. The van der Waals surface area contributed by atoms with Crippen molar-refractivity contribution in [1.29, 1.82) is 0 Å². The lowest BCUT2D eigenvalue weighted by molar-refractivity contribution is -0.134. The largest absolute Gasteiger partial charge is 0.333 e. The van der Waals surface area contributed by atoms with Crippen molar-refractivity contribution in [2.75, 3.05) is 19.6 Å². The number of nitrogens with one attached hydrogen (secondary N) is 1. The second-order valence-corrected chi connectivity index (χ2v) is 5.70. The van der Waals surface area contributed by atoms with Crippen molar-refractivity contribution < 1.29 is 4.79 Å². The van der Waals surface area contributed by atoms with Crippen LogP contribution in [0.1, 0.15) is 18.0 Å². The van der Waals surface area contributed by atoms with E-state index in [9.17, 15) is 4.79 Å². The Morgan fingerprint density at radius 1 is 1.45 bits per heavy atom. The van der Waals surface area contributed by atoms with E-state index in [4.69, 9.17) is 11.6 Å². The summed E-state index contributed by atoms with van der Waals surface area (Å²) in [7, 11) is 0. The number of amides is 1. The van der Waals surface area contributed by atoms with Crippen molar-refractivity contribution >= 4 is 17.5 Å². The number of hydrogen-bond acceptors (Lipinski definition) is 4.